The number of hydrogen-bond acceptors (Lipinski definition) is 4. The third-order valence-corrected chi connectivity index (χ3v) is 2.73. The molecule has 0 saturated heterocycles. The fraction of sp³-hybridized carbons (Fsp3) is 0.545. The van der Waals surface area contributed by atoms with Gasteiger partial charge in [0.1, 0.15) is 6.79 Å². The summed E-state index contributed by atoms with van der Waals surface area (Å²) in [5.74, 6) is 0.635. The fourth-order valence-electron chi connectivity index (χ4n) is 1.24. The van der Waals surface area contributed by atoms with Crippen LogP contribution in [0.15, 0.2) is 16.6 Å². The first-order chi connectivity index (χ1) is 7.77. The number of rotatable bonds is 7. The number of hydrogen-bond donors (Lipinski definition) is 0. The number of halogens is 1. The lowest BCUT2D eigenvalue weighted by molar-refractivity contribution is -0.0310. The van der Waals surface area contributed by atoms with Gasteiger partial charge in [0.05, 0.1) is 12.8 Å². The minimum Gasteiger partial charge on any atom is -0.481 e. The standard InChI is InChI=1S/C11H16BrNO3/c1-14-8-16-7-3-4-10-9(12)5-6-11(13-10)15-2/h5-6H,3-4,7-8H2,1-2H3. The van der Waals surface area contributed by atoms with E-state index in [1.807, 2.05) is 12.1 Å². The van der Waals surface area contributed by atoms with Gasteiger partial charge in [-0.15, -0.1) is 0 Å². The summed E-state index contributed by atoms with van der Waals surface area (Å²) in [5, 5.41) is 0. The van der Waals surface area contributed by atoms with Gasteiger partial charge >= 0.3 is 0 Å². The first-order valence-electron chi connectivity index (χ1n) is 5.04. The molecule has 1 heterocycles. The molecule has 0 aliphatic rings. The summed E-state index contributed by atoms with van der Waals surface area (Å²) in [5.41, 5.74) is 0.986. The first-order valence-corrected chi connectivity index (χ1v) is 5.83. The molecule has 0 spiro atoms. The predicted octanol–water partition coefficient (Wildman–Crippen LogP) is 2.41. The Kier molecular flexibility index (Phi) is 6.37. The van der Waals surface area contributed by atoms with Crippen LogP contribution in [0.3, 0.4) is 0 Å². The van der Waals surface area contributed by atoms with Gasteiger partial charge in [0.25, 0.3) is 0 Å². The van der Waals surface area contributed by atoms with E-state index in [1.54, 1.807) is 14.2 Å². The second-order valence-corrected chi connectivity index (χ2v) is 4.05. The number of pyridine rings is 1. The molecule has 0 N–H and O–H groups in total. The van der Waals surface area contributed by atoms with Gasteiger partial charge in [0.15, 0.2) is 0 Å². The molecule has 4 nitrogen and oxygen atoms in total. The molecule has 0 radical (unpaired) electrons. The predicted molar refractivity (Wildman–Crippen MR) is 64.6 cm³/mol. The Balaban J connectivity index is 2.40. The highest BCUT2D eigenvalue weighted by molar-refractivity contribution is 9.10. The van der Waals surface area contributed by atoms with Gasteiger partial charge in [-0.3, -0.25) is 0 Å². The van der Waals surface area contributed by atoms with Crippen LogP contribution in [0.2, 0.25) is 0 Å². The van der Waals surface area contributed by atoms with Gasteiger partial charge in [-0.2, -0.15) is 0 Å². The van der Waals surface area contributed by atoms with E-state index in [4.69, 9.17) is 14.2 Å². The number of methoxy groups -OCH3 is 2. The molecule has 0 bridgehead atoms. The van der Waals surface area contributed by atoms with Crippen LogP contribution < -0.4 is 4.74 Å². The van der Waals surface area contributed by atoms with Gasteiger partial charge in [0.2, 0.25) is 5.88 Å². The van der Waals surface area contributed by atoms with Crippen LogP contribution in [0.5, 0.6) is 5.88 Å². The van der Waals surface area contributed by atoms with Crippen molar-refractivity contribution in [3.05, 3.63) is 22.3 Å². The summed E-state index contributed by atoms with van der Waals surface area (Å²) >= 11 is 3.46. The molecule has 0 aliphatic heterocycles. The van der Waals surface area contributed by atoms with Crippen molar-refractivity contribution in [2.75, 3.05) is 27.6 Å². The number of aryl methyl sites for hydroxylation is 1. The lowest BCUT2D eigenvalue weighted by atomic mass is 10.2. The van der Waals surface area contributed by atoms with Gasteiger partial charge < -0.3 is 14.2 Å². The van der Waals surface area contributed by atoms with E-state index in [-0.39, 0.29) is 0 Å². The number of ether oxygens (including phenoxy) is 3. The monoisotopic (exact) mass is 289 g/mol. The molecule has 1 aromatic rings. The molecule has 90 valence electrons. The zero-order chi connectivity index (χ0) is 11.8. The van der Waals surface area contributed by atoms with Crippen molar-refractivity contribution in [2.24, 2.45) is 0 Å². The Morgan fingerprint density at radius 3 is 2.81 bits per heavy atom. The van der Waals surface area contributed by atoms with Crippen molar-refractivity contribution in [2.45, 2.75) is 12.8 Å². The molecule has 1 rings (SSSR count). The van der Waals surface area contributed by atoms with Crippen LogP contribution in [0.1, 0.15) is 12.1 Å². The second kappa shape index (κ2) is 7.60. The van der Waals surface area contributed by atoms with E-state index in [2.05, 4.69) is 20.9 Å². The third kappa shape index (κ3) is 4.47. The summed E-state index contributed by atoms with van der Waals surface area (Å²) in [4.78, 5) is 4.35. The van der Waals surface area contributed by atoms with E-state index in [9.17, 15) is 0 Å². The van der Waals surface area contributed by atoms with Crippen molar-refractivity contribution in [1.29, 1.82) is 0 Å². The fourth-order valence-corrected chi connectivity index (χ4v) is 1.66. The molecular weight excluding hydrogens is 274 g/mol. The van der Waals surface area contributed by atoms with Crippen LogP contribution in [-0.4, -0.2) is 32.6 Å². The third-order valence-electron chi connectivity index (χ3n) is 2.01. The SMILES string of the molecule is COCOCCCc1nc(OC)ccc1Br. The molecule has 0 unspecified atom stereocenters. The van der Waals surface area contributed by atoms with E-state index in [1.165, 1.54) is 0 Å². The maximum atomic E-state index is 5.20. The van der Waals surface area contributed by atoms with Gasteiger partial charge in [0, 0.05) is 24.3 Å². The van der Waals surface area contributed by atoms with E-state index in [0.29, 0.717) is 19.3 Å². The number of aromatic nitrogens is 1. The summed E-state index contributed by atoms with van der Waals surface area (Å²) < 4.78 is 16.1. The maximum Gasteiger partial charge on any atom is 0.213 e. The second-order valence-electron chi connectivity index (χ2n) is 3.20. The smallest absolute Gasteiger partial charge is 0.213 e. The minimum atomic E-state index is 0.340. The molecule has 0 aromatic carbocycles. The molecule has 0 aliphatic carbocycles. The summed E-state index contributed by atoms with van der Waals surface area (Å²) in [6, 6.07) is 3.77. The van der Waals surface area contributed by atoms with Crippen molar-refractivity contribution < 1.29 is 14.2 Å². The minimum absolute atomic E-state index is 0.340. The molecule has 0 atom stereocenters. The lowest BCUT2D eigenvalue weighted by Crippen LogP contribution is -2.02. The Labute approximate surface area is 104 Å². The van der Waals surface area contributed by atoms with Crippen LogP contribution in [0.4, 0.5) is 0 Å². The van der Waals surface area contributed by atoms with Gasteiger partial charge in [-0.05, 0) is 34.8 Å². The molecule has 5 heteroatoms. The summed E-state index contributed by atoms with van der Waals surface area (Å²) in [6.07, 6.45) is 1.75. The number of nitrogens with zero attached hydrogens (tertiary/aromatic N) is 1. The van der Waals surface area contributed by atoms with Gasteiger partial charge in [-0.25, -0.2) is 4.98 Å². The topological polar surface area (TPSA) is 40.6 Å². The average Bonchev–Trinajstić information content (AvgIpc) is 2.31. The molecule has 0 amide bonds. The first kappa shape index (κ1) is 13.4. The normalized spacial score (nSPS) is 10.4. The van der Waals surface area contributed by atoms with Crippen molar-refractivity contribution in [3.8, 4) is 5.88 Å². The van der Waals surface area contributed by atoms with Gasteiger partial charge in [-0.1, -0.05) is 0 Å². The van der Waals surface area contributed by atoms with Crippen molar-refractivity contribution in [1.82, 2.24) is 4.98 Å². The Morgan fingerprint density at radius 1 is 1.31 bits per heavy atom. The quantitative estimate of drug-likeness (QED) is 0.571. The van der Waals surface area contributed by atoms with Crippen molar-refractivity contribution >= 4 is 15.9 Å². The molecular formula is C11H16BrNO3. The van der Waals surface area contributed by atoms with E-state index in [0.717, 1.165) is 23.0 Å². The van der Waals surface area contributed by atoms with E-state index >= 15 is 0 Å². The largest absolute Gasteiger partial charge is 0.481 e. The van der Waals surface area contributed by atoms with Crippen LogP contribution >= 0.6 is 15.9 Å². The zero-order valence-corrected chi connectivity index (χ0v) is 11.1. The molecule has 16 heavy (non-hydrogen) atoms. The zero-order valence-electron chi connectivity index (χ0n) is 9.53. The highest BCUT2D eigenvalue weighted by Crippen LogP contribution is 2.19. The van der Waals surface area contributed by atoms with Crippen LogP contribution in [0, 0.1) is 0 Å². The summed E-state index contributed by atoms with van der Waals surface area (Å²) in [7, 11) is 3.22. The average molecular weight is 290 g/mol. The molecule has 0 fully saturated rings. The maximum absolute atomic E-state index is 5.20. The van der Waals surface area contributed by atoms with Crippen LogP contribution in [-0.2, 0) is 15.9 Å². The highest BCUT2D eigenvalue weighted by atomic mass is 79.9. The summed E-state index contributed by atoms with van der Waals surface area (Å²) in [6.45, 7) is 1.01. The Bertz CT molecular complexity index is 320. The van der Waals surface area contributed by atoms with E-state index < -0.39 is 0 Å². The molecule has 1 aromatic heterocycles. The lowest BCUT2D eigenvalue weighted by Gasteiger charge is -2.06. The van der Waals surface area contributed by atoms with Crippen molar-refractivity contribution in [3.63, 3.8) is 0 Å². The molecule has 0 saturated carbocycles. The Morgan fingerprint density at radius 2 is 2.12 bits per heavy atom. The Hall–Kier alpha value is -0.650. The van der Waals surface area contributed by atoms with Crippen LogP contribution in [0.25, 0.3) is 0 Å². The highest BCUT2D eigenvalue weighted by Gasteiger charge is 2.03.